The molecule has 1 rings (SSSR count). The number of nitrogens with two attached hydrogens (primary N) is 1. The zero-order chi connectivity index (χ0) is 6.15. The molecule has 2 N–H and O–H groups in total. The molecule has 0 saturated heterocycles. The molecular formula is C5H7NO2. The van der Waals surface area contributed by atoms with Crippen molar-refractivity contribution in [2.75, 3.05) is 0 Å². The van der Waals surface area contributed by atoms with Gasteiger partial charge in [-0.2, -0.15) is 0 Å². The lowest BCUT2D eigenvalue weighted by atomic mass is 9.83. The highest BCUT2D eigenvalue weighted by Crippen LogP contribution is 2.20. The van der Waals surface area contributed by atoms with Crippen molar-refractivity contribution in [3.8, 4) is 0 Å². The average Bonchev–Trinajstić information content (AvgIpc) is 1.61. The second-order valence-corrected chi connectivity index (χ2v) is 1.96. The number of amides is 1. The molecule has 0 heterocycles. The Morgan fingerprint density at radius 3 is 2.38 bits per heavy atom. The van der Waals surface area contributed by atoms with Gasteiger partial charge >= 0.3 is 0 Å². The first kappa shape index (κ1) is 5.28. The maximum absolute atomic E-state index is 10.4. The van der Waals surface area contributed by atoms with Crippen LogP contribution in [0.15, 0.2) is 0 Å². The van der Waals surface area contributed by atoms with Crippen molar-refractivity contribution < 1.29 is 9.59 Å². The van der Waals surface area contributed by atoms with Crippen LogP contribution in [0, 0.1) is 5.92 Å². The third-order valence-electron chi connectivity index (χ3n) is 1.41. The minimum atomic E-state index is -0.471. The quantitative estimate of drug-likeness (QED) is 0.464. The minimum Gasteiger partial charge on any atom is -0.369 e. The Balaban J connectivity index is 2.49. The summed E-state index contributed by atoms with van der Waals surface area (Å²) in [6.07, 6.45) is 1.20. The number of hydrogen-bond donors (Lipinski definition) is 1. The smallest absolute Gasteiger partial charge is 0.228 e. The van der Waals surface area contributed by atoms with Crippen LogP contribution in [0.3, 0.4) is 0 Å². The van der Waals surface area contributed by atoms with Gasteiger partial charge in [0.15, 0.2) is 0 Å². The summed E-state index contributed by atoms with van der Waals surface area (Å²) >= 11 is 0. The van der Waals surface area contributed by atoms with E-state index in [4.69, 9.17) is 5.73 Å². The first-order valence-corrected chi connectivity index (χ1v) is 2.54. The van der Waals surface area contributed by atoms with Gasteiger partial charge in [0.25, 0.3) is 0 Å². The number of carbonyl (C=O) groups excluding carboxylic acids is 2. The zero-order valence-electron chi connectivity index (χ0n) is 4.39. The minimum absolute atomic E-state index is 0.00231. The number of carbonyl (C=O) groups is 2. The van der Waals surface area contributed by atoms with Gasteiger partial charge in [-0.15, -0.1) is 0 Å². The van der Waals surface area contributed by atoms with E-state index in [2.05, 4.69) is 0 Å². The van der Waals surface area contributed by atoms with Crippen LogP contribution in [0.2, 0.25) is 0 Å². The number of primary amides is 1. The third kappa shape index (κ3) is 0.598. The highest BCUT2D eigenvalue weighted by molar-refractivity contribution is 6.04. The van der Waals surface area contributed by atoms with Gasteiger partial charge in [0.2, 0.25) is 5.91 Å². The van der Waals surface area contributed by atoms with E-state index >= 15 is 0 Å². The molecule has 3 nitrogen and oxygen atoms in total. The van der Waals surface area contributed by atoms with Crippen molar-refractivity contribution in [3.05, 3.63) is 0 Å². The molecule has 0 aromatic heterocycles. The predicted octanol–water partition coefficient (Wildman–Crippen LogP) is -0.549. The highest BCUT2D eigenvalue weighted by atomic mass is 16.2. The molecule has 1 aliphatic carbocycles. The molecular weight excluding hydrogens is 106 g/mol. The molecule has 0 radical (unpaired) electrons. The summed E-state index contributed by atoms with van der Waals surface area (Å²) in [5, 5.41) is 0. The van der Waals surface area contributed by atoms with Crippen molar-refractivity contribution in [2.24, 2.45) is 11.7 Å². The Morgan fingerprint density at radius 1 is 1.75 bits per heavy atom. The number of Topliss-reactive ketones (excluding diaryl/α,β-unsaturated/α-hetero) is 1. The molecule has 8 heavy (non-hydrogen) atoms. The van der Waals surface area contributed by atoms with Gasteiger partial charge in [0.1, 0.15) is 5.78 Å². The summed E-state index contributed by atoms with van der Waals surface area (Å²) in [5.41, 5.74) is 4.83. The Labute approximate surface area is 46.9 Å². The summed E-state index contributed by atoms with van der Waals surface area (Å²) in [4.78, 5) is 20.6. The van der Waals surface area contributed by atoms with Crippen molar-refractivity contribution >= 4 is 11.7 Å². The Hall–Kier alpha value is -0.860. The summed E-state index contributed by atoms with van der Waals surface area (Å²) in [6, 6.07) is 0. The number of hydrogen-bond acceptors (Lipinski definition) is 2. The second kappa shape index (κ2) is 1.58. The molecule has 1 unspecified atom stereocenters. The highest BCUT2D eigenvalue weighted by Gasteiger charge is 2.32. The normalized spacial score (nSPS) is 27.0. The molecule has 1 amide bonds. The molecule has 1 fully saturated rings. The lowest BCUT2D eigenvalue weighted by molar-refractivity contribution is -0.138. The van der Waals surface area contributed by atoms with Crippen molar-refractivity contribution in [3.63, 3.8) is 0 Å². The first-order valence-electron chi connectivity index (χ1n) is 2.54. The molecule has 1 saturated carbocycles. The van der Waals surface area contributed by atoms with E-state index in [9.17, 15) is 9.59 Å². The monoisotopic (exact) mass is 113 g/mol. The SMILES string of the molecule is NC(=O)C1CCC1=O. The van der Waals surface area contributed by atoms with Crippen molar-refractivity contribution in [1.29, 1.82) is 0 Å². The third-order valence-corrected chi connectivity index (χ3v) is 1.41. The van der Waals surface area contributed by atoms with Gasteiger partial charge in [-0.25, -0.2) is 0 Å². The van der Waals surface area contributed by atoms with Crippen LogP contribution in [-0.2, 0) is 9.59 Å². The Bertz CT molecular complexity index is 133. The molecule has 1 atom stereocenters. The van der Waals surface area contributed by atoms with E-state index in [1.807, 2.05) is 0 Å². The maximum Gasteiger partial charge on any atom is 0.228 e. The maximum atomic E-state index is 10.4. The van der Waals surface area contributed by atoms with E-state index in [0.29, 0.717) is 12.8 Å². The van der Waals surface area contributed by atoms with Crippen LogP contribution in [-0.4, -0.2) is 11.7 Å². The van der Waals surface area contributed by atoms with Crippen LogP contribution in [0.4, 0.5) is 0 Å². The molecule has 0 spiro atoms. The van der Waals surface area contributed by atoms with Crippen LogP contribution >= 0.6 is 0 Å². The molecule has 1 aliphatic rings. The summed E-state index contributed by atoms with van der Waals surface area (Å²) in [7, 11) is 0. The van der Waals surface area contributed by atoms with Crippen LogP contribution in [0.25, 0.3) is 0 Å². The molecule has 0 aromatic rings. The summed E-state index contributed by atoms with van der Waals surface area (Å²) in [6.45, 7) is 0. The van der Waals surface area contributed by atoms with Crippen LogP contribution in [0.5, 0.6) is 0 Å². The second-order valence-electron chi connectivity index (χ2n) is 1.96. The lowest BCUT2D eigenvalue weighted by Gasteiger charge is -2.19. The van der Waals surface area contributed by atoms with E-state index in [-0.39, 0.29) is 5.78 Å². The lowest BCUT2D eigenvalue weighted by Crippen LogP contribution is -2.37. The first-order chi connectivity index (χ1) is 3.72. The number of ketones is 1. The van der Waals surface area contributed by atoms with Gasteiger partial charge in [-0.05, 0) is 6.42 Å². The topological polar surface area (TPSA) is 60.2 Å². The fourth-order valence-electron chi connectivity index (χ4n) is 0.707. The van der Waals surface area contributed by atoms with Gasteiger partial charge in [0, 0.05) is 6.42 Å². The van der Waals surface area contributed by atoms with Crippen LogP contribution in [0.1, 0.15) is 12.8 Å². The molecule has 0 aromatic carbocycles. The summed E-state index contributed by atoms with van der Waals surface area (Å²) in [5.74, 6) is -0.922. The fourth-order valence-corrected chi connectivity index (χ4v) is 0.707. The molecule has 0 aliphatic heterocycles. The van der Waals surface area contributed by atoms with Crippen LogP contribution < -0.4 is 5.73 Å². The standard InChI is InChI=1S/C5H7NO2/c6-5(8)3-1-2-4(3)7/h3H,1-2H2,(H2,6,8). The summed E-state index contributed by atoms with van der Waals surface area (Å²) < 4.78 is 0. The fraction of sp³-hybridized carbons (Fsp3) is 0.600. The number of rotatable bonds is 1. The average molecular weight is 113 g/mol. The van der Waals surface area contributed by atoms with Crippen molar-refractivity contribution in [1.82, 2.24) is 0 Å². The Morgan fingerprint density at radius 2 is 2.38 bits per heavy atom. The predicted molar refractivity (Wildman–Crippen MR) is 26.9 cm³/mol. The van der Waals surface area contributed by atoms with Gasteiger partial charge in [-0.3, -0.25) is 9.59 Å². The largest absolute Gasteiger partial charge is 0.369 e. The van der Waals surface area contributed by atoms with Gasteiger partial charge < -0.3 is 5.73 Å². The van der Waals surface area contributed by atoms with Gasteiger partial charge in [-0.1, -0.05) is 0 Å². The zero-order valence-corrected chi connectivity index (χ0v) is 4.39. The van der Waals surface area contributed by atoms with E-state index in [1.54, 1.807) is 0 Å². The van der Waals surface area contributed by atoms with Gasteiger partial charge in [0.05, 0.1) is 5.92 Å². The molecule has 3 heteroatoms. The molecule has 0 bridgehead atoms. The van der Waals surface area contributed by atoms with E-state index in [0.717, 1.165) is 0 Å². The Kier molecular flexibility index (Phi) is 1.04. The van der Waals surface area contributed by atoms with E-state index < -0.39 is 11.8 Å². The van der Waals surface area contributed by atoms with E-state index in [1.165, 1.54) is 0 Å². The van der Waals surface area contributed by atoms with Crippen molar-refractivity contribution in [2.45, 2.75) is 12.8 Å². The molecule has 44 valence electrons.